The Morgan fingerprint density at radius 1 is 0.947 bits per heavy atom. The monoisotopic (exact) mass is 251 g/mol. The molecule has 2 rings (SSSR count). The van der Waals surface area contributed by atoms with Crippen molar-refractivity contribution in [1.82, 2.24) is 0 Å². The number of aryl methyl sites for hydroxylation is 2. The Labute approximate surface area is 114 Å². The molecule has 2 aromatic rings. The maximum atomic E-state index is 10.0. The number of rotatable bonds is 1. The third-order valence-electron chi connectivity index (χ3n) is 3.11. The first-order chi connectivity index (χ1) is 9.13. The second kappa shape index (κ2) is 5.49. The van der Waals surface area contributed by atoms with Gasteiger partial charge in [-0.1, -0.05) is 36.1 Å². The van der Waals surface area contributed by atoms with Crippen LogP contribution in [-0.2, 0) is 0 Å². The Kier molecular flexibility index (Phi) is 3.77. The van der Waals surface area contributed by atoms with E-state index in [4.69, 9.17) is 0 Å². The van der Waals surface area contributed by atoms with Crippen LogP contribution < -0.4 is 5.32 Å². The van der Waals surface area contributed by atoms with E-state index in [0.717, 1.165) is 16.7 Å². The van der Waals surface area contributed by atoms with E-state index >= 15 is 0 Å². The topological polar surface area (TPSA) is 32.3 Å². The molecule has 0 unspecified atom stereocenters. The second-order valence-corrected chi connectivity index (χ2v) is 4.47. The predicted octanol–water partition coefficient (Wildman–Crippen LogP) is 3.45. The van der Waals surface area contributed by atoms with Gasteiger partial charge in [0.25, 0.3) is 0 Å². The van der Waals surface area contributed by atoms with Crippen molar-refractivity contribution < 1.29 is 5.11 Å². The number of nitrogens with one attached hydrogen (secondary N) is 1. The average Bonchev–Trinajstić information content (AvgIpc) is 2.40. The summed E-state index contributed by atoms with van der Waals surface area (Å²) in [4.78, 5) is 0. The van der Waals surface area contributed by atoms with Crippen LogP contribution in [0.1, 0.15) is 22.3 Å². The van der Waals surface area contributed by atoms with Gasteiger partial charge in [0.1, 0.15) is 0 Å². The maximum Gasteiger partial charge on any atom is 0.154 e. The standard InChI is InChI=1S/C17H17NO/c1-12-6-4-7-13(2)15(12)11-10-14-8-5-9-16(18-3)17(14)19/h4-9,18-19H,1-3H3. The molecule has 2 N–H and O–H groups in total. The Morgan fingerprint density at radius 3 is 2.21 bits per heavy atom. The SMILES string of the molecule is CNc1cccc(C#Cc2c(C)cccc2C)c1O. The van der Waals surface area contributed by atoms with E-state index in [0.29, 0.717) is 11.3 Å². The summed E-state index contributed by atoms with van der Waals surface area (Å²) >= 11 is 0. The minimum atomic E-state index is 0.198. The van der Waals surface area contributed by atoms with E-state index in [9.17, 15) is 5.11 Å². The molecule has 96 valence electrons. The fraction of sp³-hybridized carbons (Fsp3) is 0.176. The third-order valence-corrected chi connectivity index (χ3v) is 3.11. The molecule has 0 aliphatic rings. The highest BCUT2D eigenvalue weighted by Gasteiger charge is 2.03. The fourth-order valence-corrected chi connectivity index (χ4v) is 1.99. The third kappa shape index (κ3) is 2.71. The molecule has 2 nitrogen and oxygen atoms in total. The molecule has 0 atom stereocenters. The van der Waals surface area contributed by atoms with Crippen molar-refractivity contribution in [3.63, 3.8) is 0 Å². The highest BCUT2D eigenvalue weighted by atomic mass is 16.3. The van der Waals surface area contributed by atoms with Crippen LogP contribution in [0.3, 0.4) is 0 Å². The van der Waals surface area contributed by atoms with Gasteiger partial charge in [-0.2, -0.15) is 0 Å². The molecule has 0 aromatic heterocycles. The lowest BCUT2D eigenvalue weighted by Gasteiger charge is -2.05. The number of para-hydroxylation sites is 1. The normalized spacial score (nSPS) is 9.63. The molecular formula is C17H17NO. The Balaban J connectivity index is 2.45. The van der Waals surface area contributed by atoms with Gasteiger partial charge >= 0.3 is 0 Å². The summed E-state index contributed by atoms with van der Waals surface area (Å²) in [5.41, 5.74) is 4.65. The first-order valence-electron chi connectivity index (χ1n) is 6.21. The first-order valence-corrected chi connectivity index (χ1v) is 6.21. The lowest BCUT2D eigenvalue weighted by molar-refractivity contribution is 0.476. The molecule has 0 aliphatic carbocycles. The van der Waals surface area contributed by atoms with Crippen LogP contribution in [0.15, 0.2) is 36.4 Å². The highest BCUT2D eigenvalue weighted by molar-refractivity contribution is 5.64. The molecule has 0 spiro atoms. The molecule has 0 radical (unpaired) electrons. The smallest absolute Gasteiger partial charge is 0.154 e. The minimum absolute atomic E-state index is 0.198. The summed E-state index contributed by atoms with van der Waals surface area (Å²) in [6, 6.07) is 11.6. The quantitative estimate of drug-likeness (QED) is 0.601. The highest BCUT2D eigenvalue weighted by Crippen LogP contribution is 2.26. The Bertz CT molecular complexity index is 642. The van der Waals surface area contributed by atoms with E-state index in [1.54, 1.807) is 7.05 Å². The molecule has 0 bridgehead atoms. The van der Waals surface area contributed by atoms with Gasteiger partial charge in [-0.3, -0.25) is 0 Å². The number of aromatic hydroxyl groups is 1. The molecule has 0 amide bonds. The van der Waals surface area contributed by atoms with E-state index in [2.05, 4.69) is 17.2 Å². The Hall–Kier alpha value is -2.40. The number of phenolic OH excluding ortho intramolecular Hbond substituents is 1. The molecule has 0 fully saturated rings. The van der Waals surface area contributed by atoms with Crippen molar-refractivity contribution in [2.24, 2.45) is 0 Å². The van der Waals surface area contributed by atoms with Crippen molar-refractivity contribution in [3.05, 3.63) is 58.7 Å². The molecule has 19 heavy (non-hydrogen) atoms. The minimum Gasteiger partial charge on any atom is -0.505 e. The molecule has 2 heteroatoms. The van der Waals surface area contributed by atoms with Crippen molar-refractivity contribution >= 4 is 5.69 Å². The lowest BCUT2D eigenvalue weighted by atomic mass is 10.0. The van der Waals surface area contributed by atoms with Crippen LogP contribution in [-0.4, -0.2) is 12.2 Å². The largest absolute Gasteiger partial charge is 0.505 e. The van der Waals surface area contributed by atoms with Crippen LogP contribution in [0.4, 0.5) is 5.69 Å². The summed E-state index contributed by atoms with van der Waals surface area (Å²) in [7, 11) is 1.78. The molecule has 0 saturated carbocycles. The fourth-order valence-electron chi connectivity index (χ4n) is 1.99. The van der Waals surface area contributed by atoms with Crippen LogP contribution in [0.2, 0.25) is 0 Å². The lowest BCUT2D eigenvalue weighted by Crippen LogP contribution is -1.90. The van der Waals surface area contributed by atoms with Crippen molar-refractivity contribution in [3.8, 4) is 17.6 Å². The van der Waals surface area contributed by atoms with E-state index in [1.807, 2.05) is 50.2 Å². The van der Waals surface area contributed by atoms with Gasteiger partial charge in [-0.15, -0.1) is 0 Å². The molecule has 0 saturated heterocycles. The van der Waals surface area contributed by atoms with Crippen LogP contribution in [0.25, 0.3) is 0 Å². The predicted molar refractivity (Wildman–Crippen MR) is 79.5 cm³/mol. The zero-order valence-electron chi connectivity index (χ0n) is 11.4. The molecule has 0 aliphatic heterocycles. The van der Waals surface area contributed by atoms with E-state index in [1.165, 1.54) is 0 Å². The average molecular weight is 251 g/mol. The number of anilines is 1. The zero-order valence-corrected chi connectivity index (χ0v) is 11.4. The summed E-state index contributed by atoms with van der Waals surface area (Å²) in [6.07, 6.45) is 0. The van der Waals surface area contributed by atoms with Crippen LogP contribution in [0, 0.1) is 25.7 Å². The van der Waals surface area contributed by atoms with Crippen LogP contribution >= 0.6 is 0 Å². The number of hydrogen-bond acceptors (Lipinski definition) is 2. The number of phenols is 1. The molecular weight excluding hydrogens is 234 g/mol. The van der Waals surface area contributed by atoms with Crippen molar-refractivity contribution in [1.29, 1.82) is 0 Å². The van der Waals surface area contributed by atoms with Gasteiger partial charge in [0.05, 0.1) is 11.3 Å². The van der Waals surface area contributed by atoms with Gasteiger partial charge in [0.15, 0.2) is 5.75 Å². The summed E-state index contributed by atoms with van der Waals surface area (Å²) in [6.45, 7) is 4.09. The number of benzene rings is 2. The van der Waals surface area contributed by atoms with Gasteiger partial charge in [-0.25, -0.2) is 0 Å². The zero-order chi connectivity index (χ0) is 13.8. The molecule has 2 aromatic carbocycles. The van der Waals surface area contributed by atoms with Gasteiger partial charge in [0.2, 0.25) is 0 Å². The second-order valence-electron chi connectivity index (χ2n) is 4.47. The Morgan fingerprint density at radius 2 is 1.58 bits per heavy atom. The first kappa shape index (κ1) is 13.0. The van der Waals surface area contributed by atoms with Gasteiger partial charge in [-0.05, 0) is 37.1 Å². The summed E-state index contributed by atoms with van der Waals surface area (Å²) in [5.74, 6) is 6.40. The van der Waals surface area contributed by atoms with Crippen LogP contribution in [0.5, 0.6) is 5.75 Å². The van der Waals surface area contributed by atoms with E-state index in [-0.39, 0.29) is 5.75 Å². The number of hydrogen-bond donors (Lipinski definition) is 2. The van der Waals surface area contributed by atoms with E-state index < -0.39 is 0 Å². The maximum absolute atomic E-state index is 10.0. The van der Waals surface area contributed by atoms with Crippen molar-refractivity contribution in [2.75, 3.05) is 12.4 Å². The summed E-state index contributed by atoms with van der Waals surface area (Å²) in [5, 5.41) is 13.0. The van der Waals surface area contributed by atoms with Gasteiger partial charge in [0, 0.05) is 12.6 Å². The molecule has 0 heterocycles. The van der Waals surface area contributed by atoms with Crippen molar-refractivity contribution in [2.45, 2.75) is 13.8 Å². The van der Waals surface area contributed by atoms with Gasteiger partial charge < -0.3 is 10.4 Å². The summed E-state index contributed by atoms with van der Waals surface area (Å²) < 4.78 is 0.